The minimum absolute atomic E-state index is 0.0427. The molecule has 0 saturated heterocycles. The molecule has 1 aromatic heterocycles. The van der Waals surface area contributed by atoms with E-state index < -0.39 is 29.3 Å². The van der Waals surface area contributed by atoms with E-state index in [1.807, 2.05) is 0 Å². The van der Waals surface area contributed by atoms with E-state index in [-0.39, 0.29) is 23.5 Å². The van der Waals surface area contributed by atoms with Crippen molar-refractivity contribution in [3.63, 3.8) is 0 Å². The summed E-state index contributed by atoms with van der Waals surface area (Å²) in [4.78, 5) is 26.3. The Morgan fingerprint density at radius 2 is 1.61 bits per heavy atom. The Labute approximate surface area is 179 Å². The Morgan fingerprint density at radius 3 is 2.16 bits per heavy atom. The molecule has 0 aliphatic heterocycles. The van der Waals surface area contributed by atoms with Crippen LogP contribution in [-0.4, -0.2) is 36.2 Å². The van der Waals surface area contributed by atoms with Gasteiger partial charge >= 0.3 is 11.9 Å². The number of hydrogen-bond donors (Lipinski definition) is 2. The fourth-order valence-electron chi connectivity index (χ4n) is 2.22. The second-order valence-electron chi connectivity index (χ2n) is 5.75. The van der Waals surface area contributed by atoms with Crippen LogP contribution in [0, 0.1) is 11.6 Å². The van der Waals surface area contributed by atoms with Gasteiger partial charge in [-0.2, -0.15) is 0 Å². The van der Waals surface area contributed by atoms with Crippen molar-refractivity contribution in [2.24, 2.45) is 0 Å². The lowest BCUT2D eigenvalue weighted by Crippen LogP contribution is -2.06. The molecule has 0 aliphatic rings. The largest absolute Gasteiger partial charge is 0.507 e. The van der Waals surface area contributed by atoms with Crippen molar-refractivity contribution in [3.05, 3.63) is 70.2 Å². The normalized spacial score (nSPS) is 9.94. The predicted octanol–water partition coefficient (Wildman–Crippen LogP) is 3.55. The van der Waals surface area contributed by atoms with Gasteiger partial charge in [0.1, 0.15) is 40.9 Å². The third-order valence-corrected chi connectivity index (χ3v) is 4.38. The molecule has 0 aliphatic carbocycles. The number of carbonyl (C=O) groups is 2. The van der Waals surface area contributed by atoms with Crippen LogP contribution in [0.15, 0.2) is 41.8 Å². The number of aromatic nitrogens is 1. The van der Waals surface area contributed by atoms with Crippen LogP contribution in [0.5, 0.6) is 11.5 Å². The highest BCUT2D eigenvalue weighted by atomic mass is 32.1. The van der Waals surface area contributed by atoms with Gasteiger partial charge in [-0.1, -0.05) is 0 Å². The summed E-state index contributed by atoms with van der Waals surface area (Å²) in [7, 11) is 2.43. The van der Waals surface area contributed by atoms with Crippen molar-refractivity contribution in [2.75, 3.05) is 20.0 Å². The van der Waals surface area contributed by atoms with Crippen molar-refractivity contribution in [2.45, 2.75) is 6.61 Å². The zero-order valence-electron chi connectivity index (χ0n) is 16.4. The summed E-state index contributed by atoms with van der Waals surface area (Å²) in [6, 6.07) is 6.70. The van der Waals surface area contributed by atoms with Crippen LogP contribution < -0.4 is 10.5 Å². The lowest BCUT2D eigenvalue weighted by atomic mass is 10.2. The molecule has 3 N–H and O–H groups in total. The van der Waals surface area contributed by atoms with Crippen LogP contribution in [0.4, 0.5) is 13.9 Å². The van der Waals surface area contributed by atoms with Crippen LogP contribution in [0.1, 0.15) is 26.4 Å². The molecular weight excluding hydrogens is 434 g/mol. The van der Waals surface area contributed by atoms with Gasteiger partial charge < -0.3 is 25.1 Å². The molecule has 0 amide bonds. The third-order valence-electron chi connectivity index (χ3n) is 3.66. The first-order valence-electron chi connectivity index (χ1n) is 8.52. The summed E-state index contributed by atoms with van der Waals surface area (Å²) in [5.41, 5.74) is 6.22. The van der Waals surface area contributed by atoms with E-state index in [1.165, 1.54) is 37.7 Å². The van der Waals surface area contributed by atoms with Crippen LogP contribution >= 0.6 is 11.3 Å². The summed E-state index contributed by atoms with van der Waals surface area (Å²) in [6.45, 7) is 0.0984. The summed E-state index contributed by atoms with van der Waals surface area (Å²) in [5, 5.41) is 11.2. The Bertz CT molecular complexity index is 1070. The van der Waals surface area contributed by atoms with E-state index in [1.54, 1.807) is 5.38 Å². The number of methoxy groups -OCH3 is 2. The number of benzene rings is 2. The number of ether oxygens (including phenoxy) is 3. The second kappa shape index (κ2) is 10.9. The third kappa shape index (κ3) is 6.64. The summed E-state index contributed by atoms with van der Waals surface area (Å²) < 4.78 is 39.9. The van der Waals surface area contributed by atoms with Crippen molar-refractivity contribution in [1.82, 2.24) is 4.98 Å². The number of esters is 2. The number of thiazole rings is 1. The number of phenols is 1. The van der Waals surface area contributed by atoms with Crippen molar-refractivity contribution in [1.29, 1.82) is 0 Å². The van der Waals surface area contributed by atoms with E-state index >= 15 is 0 Å². The Balaban J connectivity index is 0.000000245. The molecule has 3 rings (SSSR count). The van der Waals surface area contributed by atoms with Gasteiger partial charge in [0.15, 0.2) is 5.13 Å². The number of aromatic hydroxyl groups is 1. The summed E-state index contributed by atoms with van der Waals surface area (Å²) >= 11 is 1.28. The SMILES string of the molecule is COC(=O)c1ccc(F)cc1O.COC(=O)c1ccc(F)cc1OCc1csc(N)n1. The molecule has 0 radical (unpaired) electrons. The molecule has 0 bridgehead atoms. The van der Waals surface area contributed by atoms with Crippen molar-refractivity contribution in [3.8, 4) is 11.5 Å². The number of halogens is 2. The number of phenolic OH excluding ortho intramolecular Hbond substituents is 1. The van der Waals surface area contributed by atoms with Crippen LogP contribution in [0.3, 0.4) is 0 Å². The minimum Gasteiger partial charge on any atom is -0.507 e. The van der Waals surface area contributed by atoms with Gasteiger partial charge in [-0.15, -0.1) is 11.3 Å². The predicted molar refractivity (Wildman–Crippen MR) is 108 cm³/mol. The molecule has 3 aromatic rings. The highest BCUT2D eigenvalue weighted by Crippen LogP contribution is 2.23. The standard InChI is InChI=1S/C12H11FN2O3S.C8H7FO3/c1-17-11(16)9-3-2-7(13)4-10(9)18-5-8-6-19-12(14)15-8;1-12-8(11)6-3-2-5(9)4-7(6)10/h2-4,6H,5H2,1H3,(H2,14,15);2-4,10H,1H3. The lowest BCUT2D eigenvalue weighted by molar-refractivity contribution is 0.0587. The average molecular weight is 452 g/mol. The van der Waals surface area contributed by atoms with Crippen LogP contribution in [-0.2, 0) is 16.1 Å². The smallest absolute Gasteiger partial charge is 0.341 e. The molecule has 11 heteroatoms. The van der Waals surface area contributed by atoms with Gasteiger partial charge in [0.2, 0.25) is 0 Å². The number of nitrogens with zero attached hydrogens (tertiary/aromatic N) is 1. The molecule has 1 heterocycles. The van der Waals surface area contributed by atoms with E-state index in [0.717, 1.165) is 24.3 Å². The zero-order valence-corrected chi connectivity index (χ0v) is 17.2. The van der Waals surface area contributed by atoms with Gasteiger partial charge in [0.05, 0.1) is 19.9 Å². The molecule has 0 spiro atoms. The van der Waals surface area contributed by atoms with E-state index in [0.29, 0.717) is 10.8 Å². The molecule has 0 saturated carbocycles. The van der Waals surface area contributed by atoms with E-state index in [2.05, 4.69) is 14.5 Å². The van der Waals surface area contributed by atoms with Crippen LogP contribution in [0.25, 0.3) is 0 Å². The van der Waals surface area contributed by atoms with Gasteiger partial charge in [-0.25, -0.2) is 23.4 Å². The van der Waals surface area contributed by atoms with Gasteiger partial charge in [-0.05, 0) is 24.3 Å². The maximum atomic E-state index is 13.2. The number of nitrogens with two attached hydrogens (primary N) is 1. The molecule has 0 fully saturated rings. The topological polar surface area (TPSA) is 121 Å². The summed E-state index contributed by atoms with van der Waals surface area (Å²) in [6.07, 6.45) is 0. The highest BCUT2D eigenvalue weighted by Gasteiger charge is 2.14. The molecular formula is C20H18F2N2O6S. The van der Waals surface area contributed by atoms with E-state index in [9.17, 15) is 18.4 Å². The zero-order chi connectivity index (χ0) is 23.0. The first kappa shape index (κ1) is 23.5. The number of carbonyl (C=O) groups excluding carboxylic acids is 2. The van der Waals surface area contributed by atoms with Crippen LogP contribution in [0.2, 0.25) is 0 Å². The molecule has 31 heavy (non-hydrogen) atoms. The molecule has 0 unspecified atom stereocenters. The monoisotopic (exact) mass is 452 g/mol. The second-order valence-corrected chi connectivity index (χ2v) is 6.64. The Morgan fingerprint density at radius 1 is 1.03 bits per heavy atom. The van der Waals surface area contributed by atoms with E-state index in [4.69, 9.17) is 15.6 Å². The molecule has 8 nitrogen and oxygen atoms in total. The number of rotatable bonds is 5. The average Bonchev–Trinajstić information content (AvgIpc) is 3.17. The minimum atomic E-state index is -0.688. The molecule has 0 atom stereocenters. The maximum Gasteiger partial charge on any atom is 0.341 e. The number of hydrogen-bond acceptors (Lipinski definition) is 9. The number of nitrogen functional groups attached to an aromatic ring is 1. The van der Waals surface area contributed by atoms with Crippen molar-refractivity contribution < 1.29 is 37.7 Å². The van der Waals surface area contributed by atoms with Gasteiger partial charge in [-0.3, -0.25) is 0 Å². The molecule has 2 aromatic carbocycles. The lowest BCUT2D eigenvalue weighted by Gasteiger charge is -2.09. The van der Waals surface area contributed by atoms with Crippen molar-refractivity contribution >= 4 is 28.4 Å². The fraction of sp³-hybridized carbons (Fsp3) is 0.150. The first-order chi connectivity index (χ1) is 14.7. The Kier molecular flexibility index (Phi) is 8.26. The Hall–Kier alpha value is -3.73. The number of anilines is 1. The quantitative estimate of drug-likeness (QED) is 0.564. The first-order valence-corrected chi connectivity index (χ1v) is 9.40. The van der Waals surface area contributed by atoms with Gasteiger partial charge in [0, 0.05) is 17.5 Å². The molecule has 164 valence electrons. The summed E-state index contributed by atoms with van der Waals surface area (Å²) in [5.74, 6) is -2.68. The highest BCUT2D eigenvalue weighted by molar-refractivity contribution is 7.13. The van der Waals surface area contributed by atoms with Gasteiger partial charge in [0.25, 0.3) is 0 Å². The maximum absolute atomic E-state index is 13.2. The fourth-order valence-corrected chi connectivity index (χ4v) is 2.77.